The Morgan fingerprint density at radius 2 is 1.84 bits per heavy atom. The van der Waals surface area contributed by atoms with Crippen LogP contribution in [0.5, 0.6) is 11.5 Å². The van der Waals surface area contributed by atoms with Crippen LogP contribution in [0.2, 0.25) is 5.02 Å². The van der Waals surface area contributed by atoms with Gasteiger partial charge in [-0.15, -0.1) is 0 Å². The molecule has 25 heavy (non-hydrogen) atoms. The Labute approximate surface area is 150 Å². The molecule has 3 rings (SSSR count). The topological polar surface area (TPSA) is 67.9 Å². The Bertz CT molecular complexity index is 838. The van der Waals surface area contributed by atoms with Crippen LogP contribution < -0.4 is 19.7 Å². The molecule has 0 spiro atoms. The number of amides is 2. The summed E-state index contributed by atoms with van der Waals surface area (Å²) in [5.41, 5.74) is 2.13. The summed E-state index contributed by atoms with van der Waals surface area (Å²) in [6, 6.07) is 10.6. The molecule has 0 unspecified atom stereocenters. The summed E-state index contributed by atoms with van der Waals surface area (Å²) in [5.74, 6) is -0.661. The van der Waals surface area contributed by atoms with Crippen molar-refractivity contribution in [3.05, 3.63) is 47.0 Å². The average molecular weight is 361 g/mol. The number of para-hydroxylation sites is 1. The molecule has 0 bridgehead atoms. The van der Waals surface area contributed by atoms with E-state index < -0.39 is 11.8 Å². The van der Waals surface area contributed by atoms with Crippen LogP contribution in [-0.4, -0.2) is 32.6 Å². The highest BCUT2D eigenvalue weighted by molar-refractivity contribution is 6.44. The van der Waals surface area contributed by atoms with Crippen molar-refractivity contribution >= 4 is 34.8 Å². The van der Waals surface area contributed by atoms with Crippen molar-refractivity contribution in [1.82, 2.24) is 0 Å². The second-order valence-corrected chi connectivity index (χ2v) is 5.88. The van der Waals surface area contributed by atoms with E-state index in [1.807, 2.05) is 24.3 Å². The summed E-state index contributed by atoms with van der Waals surface area (Å²) >= 11 is 6.05. The van der Waals surface area contributed by atoms with E-state index in [-0.39, 0.29) is 0 Å². The highest BCUT2D eigenvalue weighted by atomic mass is 35.5. The van der Waals surface area contributed by atoms with Gasteiger partial charge in [-0.25, -0.2) is 0 Å². The Hall–Kier alpha value is -2.73. The first kappa shape index (κ1) is 17.1. The zero-order valence-corrected chi connectivity index (χ0v) is 14.6. The van der Waals surface area contributed by atoms with E-state index in [4.69, 9.17) is 21.1 Å². The molecule has 2 aromatic rings. The quantitative estimate of drug-likeness (QED) is 0.855. The normalized spacial score (nSPS) is 12.5. The maximum Gasteiger partial charge on any atom is 0.316 e. The third kappa shape index (κ3) is 3.25. The molecule has 7 heteroatoms. The van der Waals surface area contributed by atoms with Gasteiger partial charge >= 0.3 is 11.8 Å². The minimum Gasteiger partial charge on any atom is -0.495 e. The Morgan fingerprint density at radius 3 is 2.56 bits per heavy atom. The number of nitrogens with one attached hydrogen (secondary N) is 1. The molecule has 1 aliphatic rings. The number of fused-ring (bicyclic) bond motifs is 1. The SMILES string of the molecule is COc1cc(NC(=O)C(=O)N2CCc3ccccc32)c(OC)cc1Cl. The van der Waals surface area contributed by atoms with Crippen molar-refractivity contribution in [1.29, 1.82) is 0 Å². The van der Waals surface area contributed by atoms with Crippen molar-refractivity contribution < 1.29 is 19.1 Å². The van der Waals surface area contributed by atoms with Gasteiger partial charge in [0.15, 0.2) is 0 Å². The van der Waals surface area contributed by atoms with Crippen molar-refractivity contribution in [2.75, 3.05) is 31.0 Å². The number of carbonyl (C=O) groups excluding carboxylic acids is 2. The van der Waals surface area contributed by atoms with E-state index in [0.717, 1.165) is 17.7 Å². The van der Waals surface area contributed by atoms with E-state index in [9.17, 15) is 9.59 Å². The lowest BCUT2D eigenvalue weighted by Crippen LogP contribution is -2.38. The summed E-state index contributed by atoms with van der Waals surface area (Å²) in [4.78, 5) is 26.5. The molecule has 130 valence electrons. The lowest BCUT2D eigenvalue weighted by atomic mass is 10.2. The van der Waals surface area contributed by atoms with Gasteiger partial charge in [-0.05, 0) is 18.1 Å². The smallest absolute Gasteiger partial charge is 0.316 e. The van der Waals surface area contributed by atoms with Crippen molar-refractivity contribution in [3.8, 4) is 11.5 Å². The fourth-order valence-electron chi connectivity index (χ4n) is 2.81. The van der Waals surface area contributed by atoms with E-state index >= 15 is 0 Å². The van der Waals surface area contributed by atoms with Crippen LogP contribution in [0.1, 0.15) is 5.56 Å². The minimum absolute atomic E-state index is 0.314. The molecular formula is C18H17ClN2O4. The molecule has 0 saturated carbocycles. The van der Waals surface area contributed by atoms with E-state index in [1.54, 1.807) is 0 Å². The van der Waals surface area contributed by atoms with Gasteiger partial charge in [0, 0.05) is 24.4 Å². The van der Waals surface area contributed by atoms with E-state index in [2.05, 4.69) is 5.32 Å². The highest BCUT2D eigenvalue weighted by Gasteiger charge is 2.29. The largest absolute Gasteiger partial charge is 0.495 e. The van der Waals surface area contributed by atoms with Gasteiger partial charge < -0.3 is 19.7 Å². The van der Waals surface area contributed by atoms with Gasteiger partial charge in [-0.2, -0.15) is 0 Å². The molecule has 0 fully saturated rings. The molecule has 1 aliphatic heterocycles. The third-order valence-corrected chi connectivity index (χ3v) is 4.34. The predicted molar refractivity (Wildman–Crippen MR) is 95.7 cm³/mol. The van der Waals surface area contributed by atoms with Gasteiger partial charge in [-0.3, -0.25) is 9.59 Å². The number of ether oxygens (including phenoxy) is 2. The molecule has 0 aromatic heterocycles. The summed E-state index contributed by atoms with van der Waals surface area (Å²) in [6.45, 7) is 0.479. The van der Waals surface area contributed by atoms with Gasteiger partial charge in [-0.1, -0.05) is 29.8 Å². The molecule has 1 N–H and O–H groups in total. The molecule has 0 radical (unpaired) electrons. The zero-order chi connectivity index (χ0) is 18.0. The number of benzene rings is 2. The summed E-state index contributed by atoms with van der Waals surface area (Å²) in [7, 11) is 2.91. The van der Waals surface area contributed by atoms with Crippen molar-refractivity contribution in [3.63, 3.8) is 0 Å². The fourth-order valence-corrected chi connectivity index (χ4v) is 3.04. The van der Waals surface area contributed by atoms with Gasteiger partial charge in [0.2, 0.25) is 0 Å². The fraction of sp³-hybridized carbons (Fsp3) is 0.222. The first-order valence-corrected chi connectivity index (χ1v) is 8.05. The predicted octanol–water partition coefficient (Wildman–Crippen LogP) is 2.89. The van der Waals surface area contributed by atoms with E-state index in [1.165, 1.54) is 31.3 Å². The molecular weight excluding hydrogens is 344 g/mol. The molecule has 2 aromatic carbocycles. The molecule has 6 nitrogen and oxygen atoms in total. The minimum atomic E-state index is -0.751. The number of halogens is 1. The average Bonchev–Trinajstić information content (AvgIpc) is 3.06. The zero-order valence-electron chi connectivity index (χ0n) is 13.8. The summed E-state index contributed by atoms with van der Waals surface area (Å²) < 4.78 is 10.3. The maximum atomic E-state index is 12.5. The van der Waals surface area contributed by atoms with Crippen LogP contribution in [0.15, 0.2) is 36.4 Å². The highest BCUT2D eigenvalue weighted by Crippen LogP contribution is 2.36. The molecule has 2 amide bonds. The van der Waals surface area contributed by atoms with Crippen LogP contribution >= 0.6 is 11.6 Å². The van der Waals surface area contributed by atoms with Crippen molar-refractivity contribution in [2.45, 2.75) is 6.42 Å². The number of anilines is 2. The Balaban J connectivity index is 1.82. The molecule has 0 aliphatic carbocycles. The van der Waals surface area contributed by atoms with Crippen molar-refractivity contribution in [2.24, 2.45) is 0 Å². The lowest BCUT2D eigenvalue weighted by molar-refractivity contribution is -0.134. The van der Waals surface area contributed by atoms with E-state index in [0.29, 0.717) is 28.8 Å². The number of hydrogen-bond donors (Lipinski definition) is 1. The number of methoxy groups -OCH3 is 2. The van der Waals surface area contributed by atoms with Crippen LogP contribution in [0.25, 0.3) is 0 Å². The number of nitrogens with zero attached hydrogens (tertiary/aromatic N) is 1. The molecule has 1 heterocycles. The second-order valence-electron chi connectivity index (χ2n) is 5.48. The molecule has 0 saturated heterocycles. The Morgan fingerprint density at radius 1 is 1.12 bits per heavy atom. The Kier molecular flexibility index (Phi) is 4.81. The van der Waals surface area contributed by atoms with Gasteiger partial charge in [0.05, 0.1) is 24.9 Å². The number of hydrogen-bond acceptors (Lipinski definition) is 4. The van der Waals surface area contributed by atoms with Crippen LogP contribution in [0.3, 0.4) is 0 Å². The number of rotatable bonds is 3. The molecule has 0 atom stereocenters. The van der Waals surface area contributed by atoms with Gasteiger partial charge in [0.1, 0.15) is 11.5 Å². The maximum absolute atomic E-state index is 12.5. The number of carbonyl (C=O) groups is 2. The monoisotopic (exact) mass is 360 g/mol. The van der Waals surface area contributed by atoms with Crippen LogP contribution in [0, 0.1) is 0 Å². The van der Waals surface area contributed by atoms with Crippen LogP contribution in [0.4, 0.5) is 11.4 Å². The summed E-state index contributed by atoms with van der Waals surface area (Å²) in [5, 5.41) is 2.92. The lowest BCUT2D eigenvalue weighted by Gasteiger charge is -2.18. The third-order valence-electron chi connectivity index (χ3n) is 4.05. The first-order valence-electron chi connectivity index (χ1n) is 7.67. The standard InChI is InChI=1S/C18H17ClN2O4/c1-24-15-10-13(16(25-2)9-12(15)19)20-17(22)18(23)21-8-7-11-5-3-4-6-14(11)21/h3-6,9-10H,7-8H2,1-2H3,(H,20,22). The van der Waals surface area contributed by atoms with Gasteiger partial charge in [0.25, 0.3) is 0 Å². The second kappa shape index (κ2) is 7.03. The summed E-state index contributed by atoms with van der Waals surface area (Å²) in [6.07, 6.45) is 0.729. The van der Waals surface area contributed by atoms with Crippen LogP contribution in [-0.2, 0) is 16.0 Å². The first-order chi connectivity index (χ1) is 12.0.